The third-order valence-corrected chi connectivity index (χ3v) is 2.82. The van der Waals surface area contributed by atoms with E-state index in [9.17, 15) is 4.39 Å². The number of halogens is 1. The summed E-state index contributed by atoms with van der Waals surface area (Å²) in [6.45, 7) is 3.71. The highest BCUT2D eigenvalue weighted by atomic mass is 19.1. The lowest BCUT2D eigenvalue weighted by atomic mass is 10.1. The Morgan fingerprint density at radius 1 is 1.42 bits per heavy atom. The Balaban J connectivity index is 1.95. The van der Waals surface area contributed by atoms with E-state index in [0.29, 0.717) is 24.2 Å². The molecule has 0 atom stereocenters. The Morgan fingerprint density at radius 3 is 2.95 bits per heavy atom. The standard InChI is InChI=1S/C13H14FN5/c1-2-19-9-17-18-13(19)8-16-7-11-4-3-10(6-15)5-12(11)14/h3-5,9,16H,2,7-8H2,1H3. The van der Waals surface area contributed by atoms with Gasteiger partial charge in [0.05, 0.1) is 18.2 Å². The van der Waals surface area contributed by atoms with Crippen LogP contribution < -0.4 is 5.32 Å². The minimum atomic E-state index is -0.372. The molecule has 98 valence electrons. The average molecular weight is 259 g/mol. The van der Waals surface area contributed by atoms with Crippen molar-refractivity contribution < 1.29 is 4.39 Å². The zero-order valence-corrected chi connectivity index (χ0v) is 10.6. The van der Waals surface area contributed by atoms with E-state index in [1.54, 1.807) is 18.5 Å². The van der Waals surface area contributed by atoms with Crippen LogP contribution in [0.15, 0.2) is 24.5 Å². The highest BCUT2D eigenvalue weighted by Crippen LogP contribution is 2.09. The smallest absolute Gasteiger partial charge is 0.146 e. The second-order valence-electron chi connectivity index (χ2n) is 4.05. The molecule has 0 aliphatic rings. The van der Waals surface area contributed by atoms with E-state index in [-0.39, 0.29) is 5.82 Å². The zero-order chi connectivity index (χ0) is 13.7. The van der Waals surface area contributed by atoms with Crippen molar-refractivity contribution in [3.05, 3.63) is 47.3 Å². The largest absolute Gasteiger partial charge is 0.317 e. The van der Waals surface area contributed by atoms with Crippen LogP contribution in [-0.2, 0) is 19.6 Å². The van der Waals surface area contributed by atoms with Crippen LogP contribution in [0.5, 0.6) is 0 Å². The Kier molecular flexibility index (Phi) is 4.21. The van der Waals surface area contributed by atoms with E-state index in [1.807, 2.05) is 17.6 Å². The Labute approximate surface area is 110 Å². The summed E-state index contributed by atoms with van der Waals surface area (Å²) in [4.78, 5) is 0. The lowest BCUT2D eigenvalue weighted by Crippen LogP contribution is -2.17. The SMILES string of the molecule is CCn1cnnc1CNCc1ccc(C#N)cc1F. The summed E-state index contributed by atoms with van der Waals surface area (Å²) in [5.41, 5.74) is 0.855. The number of nitrogens with zero attached hydrogens (tertiary/aromatic N) is 4. The van der Waals surface area contributed by atoms with Crippen LogP contribution >= 0.6 is 0 Å². The van der Waals surface area contributed by atoms with Crippen LogP contribution in [0, 0.1) is 17.1 Å². The number of aryl methyl sites for hydroxylation is 1. The van der Waals surface area contributed by atoms with Gasteiger partial charge in [0.15, 0.2) is 0 Å². The van der Waals surface area contributed by atoms with Gasteiger partial charge in [0.1, 0.15) is 18.0 Å². The average Bonchev–Trinajstić information content (AvgIpc) is 2.88. The van der Waals surface area contributed by atoms with Crippen molar-refractivity contribution in [3.8, 4) is 6.07 Å². The first-order chi connectivity index (χ1) is 9.24. The quantitative estimate of drug-likeness (QED) is 0.885. The second-order valence-corrected chi connectivity index (χ2v) is 4.05. The van der Waals surface area contributed by atoms with E-state index in [2.05, 4.69) is 15.5 Å². The maximum absolute atomic E-state index is 13.6. The topological polar surface area (TPSA) is 66.5 Å². The summed E-state index contributed by atoms with van der Waals surface area (Å²) in [6, 6.07) is 6.37. The highest BCUT2D eigenvalue weighted by Gasteiger charge is 2.05. The zero-order valence-electron chi connectivity index (χ0n) is 10.6. The van der Waals surface area contributed by atoms with Crippen molar-refractivity contribution in [2.75, 3.05) is 0 Å². The number of nitriles is 1. The van der Waals surface area contributed by atoms with Crippen molar-refractivity contribution in [2.45, 2.75) is 26.6 Å². The van der Waals surface area contributed by atoms with E-state index in [0.717, 1.165) is 12.4 Å². The molecule has 5 nitrogen and oxygen atoms in total. The highest BCUT2D eigenvalue weighted by molar-refractivity contribution is 5.32. The summed E-state index contributed by atoms with van der Waals surface area (Å²) in [5, 5.41) is 19.6. The van der Waals surface area contributed by atoms with Crippen LogP contribution in [-0.4, -0.2) is 14.8 Å². The monoisotopic (exact) mass is 259 g/mol. The molecular formula is C13H14FN5. The predicted octanol–water partition coefficient (Wildman–Crippen LogP) is 1.60. The molecule has 19 heavy (non-hydrogen) atoms. The molecule has 0 fully saturated rings. The molecule has 1 N–H and O–H groups in total. The second kappa shape index (κ2) is 6.07. The summed E-state index contributed by atoms with van der Waals surface area (Å²) in [7, 11) is 0. The first-order valence-electron chi connectivity index (χ1n) is 6.00. The van der Waals surface area contributed by atoms with Crippen LogP contribution in [0.4, 0.5) is 4.39 Å². The Bertz CT molecular complexity index is 599. The molecule has 0 saturated heterocycles. The van der Waals surface area contributed by atoms with Crippen LogP contribution in [0.3, 0.4) is 0 Å². The predicted molar refractivity (Wildman–Crippen MR) is 67.4 cm³/mol. The van der Waals surface area contributed by atoms with Gasteiger partial charge in [0, 0.05) is 18.7 Å². The van der Waals surface area contributed by atoms with E-state index < -0.39 is 0 Å². The van der Waals surface area contributed by atoms with Gasteiger partial charge < -0.3 is 9.88 Å². The maximum Gasteiger partial charge on any atom is 0.146 e. The summed E-state index contributed by atoms with van der Waals surface area (Å²) >= 11 is 0. The molecule has 1 heterocycles. The van der Waals surface area contributed by atoms with Crippen LogP contribution in [0.25, 0.3) is 0 Å². The molecule has 0 spiro atoms. The molecular weight excluding hydrogens is 245 g/mol. The van der Waals surface area contributed by atoms with Gasteiger partial charge in [-0.15, -0.1) is 10.2 Å². The molecule has 2 rings (SSSR count). The number of nitrogens with one attached hydrogen (secondary N) is 1. The molecule has 0 aliphatic carbocycles. The van der Waals surface area contributed by atoms with Gasteiger partial charge in [-0.05, 0) is 19.1 Å². The van der Waals surface area contributed by atoms with Crippen molar-refractivity contribution in [2.24, 2.45) is 0 Å². The van der Waals surface area contributed by atoms with Gasteiger partial charge in [-0.1, -0.05) is 6.07 Å². The summed E-state index contributed by atoms with van der Waals surface area (Å²) in [5.74, 6) is 0.445. The molecule has 1 aromatic carbocycles. The fourth-order valence-corrected chi connectivity index (χ4v) is 1.75. The normalized spacial score (nSPS) is 10.4. The van der Waals surface area contributed by atoms with Crippen LogP contribution in [0.2, 0.25) is 0 Å². The summed E-state index contributed by atoms with van der Waals surface area (Å²) < 4.78 is 15.5. The third-order valence-electron chi connectivity index (χ3n) is 2.82. The molecule has 1 aromatic heterocycles. The number of aromatic nitrogens is 3. The number of benzene rings is 1. The fraction of sp³-hybridized carbons (Fsp3) is 0.308. The lowest BCUT2D eigenvalue weighted by molar-refractivity contribution is 0.571. The van der Waals surface area contributed by atoms with E-state index in [1.165, 1.54) is 6.07 Å². The molecule has 6 heteroatoms. The number of rotatable bonds is 5. The van der Waals surface area contributed by atoms with Crippen molar-refractivity contribution in [3.63, 3.8) is 0 Å². The number of hydrogen-bond donors (Lipinski definition) is 1. The van der Waals surface area contributed by atoms with Gasteiger partial charge >= 0.3 is 0 Å². The van der Waals surface area contributed by atoms with Gasteiger partial charge in [-0.3, -0.25) is 0 Å². The number of hydrogen-bond acceptors (Lipinski definition) is 4. The van der Waals surface area contributed by atoms with E-state index >= 15 is 0 Å². The lowest BCUT2D eigenvalue weighted by Gasteiger charge is -2.06. The molecule has 2 aromatic rings. The molecule has 0 unspecified atom stereocenters. The van der Waals surface area contributed by atoms with Crippen molar-refractivity contribution in [1.29, 1.82) is 5.26 Å². The Hall–Kier alpha value is -2.26. The third kappa shape index (κ3) is 3.14. The molecule has 0 bridgehead atoms. The molecule has 0 aliphatic heterocycles. The molecule has 0 radical (unpaired) electrons. The fourth-order valence-electron chi connectivity index (χ4n) is 1.75. The van der Waals surface area contributed by atoms with Gasteiger partial charge in [0.25, 0.3) is 0 Å². The van der Waals surface area contributed by atoms with Gasteiger partial charge in [-0.25, -0.2) is 4.39 Å². The maximum atomic E-state index is 13.6. The minimum absolute atomic E-state index is 0.326. The van der Waals surface area contributed by atoms with Crippen LogP contribution in [0.1, 0.15) is 23.9 Å². The van der Waals surface area contributed by atoms with Crippen molar-refractivity contribution >= 4 is 0 Å². The minimum Gasteiger partial charge on any atom is -0.317 e. The summed E-state index contributed by atoms with van der Waals surface area (Å²) in [6.07, 6.45) is 1.67. The van der Waals surface area contributed by atoms with E-state index in [4.69, 9.17) is 5.26 Å². The molecule has 0 saturated carbocycles. The first kappa shape index (κ1) is 13.2. The van der Waals surface area contributed by atoms with Gasteiger partial charge in [-0.2, -0.15) is 5.26 Å². The van der Waals surface area contributed by atoms with Gasteiger partial charge in [0.2, 0.25) is 0 Å². The van der Waals surface area contributed by atoms with Crippen molar-refractivity contribution in [1.82, 2.24) is 20.1 Å². The molecule has 0 amide bonds. The first-order valence-corrected chi connectivity index (χ1v) is 6.00. The Morgan fingerprint density at radius 2 is 2.26 bits per heavy atom.